The van der Waals surface area contributed by atoms with Gasteiger partial charge in [-0.3, -0.25) is 9.59 Å². The van der Waals surface area contributed by atoms with Crippen LogP contribution in [0.25, 0.3) is 0 Å². The molecule has 6 N–H and O–H groups in total. The molecule has 0 saturated heterocycles. The van der Waals surface area contributed by atoms with Gasteiger partial charge in [0, 0.05) is 61.9 Å². The molecule has 0 aliphatic rings. The summed E-state index contributed by atoms with van der Waals surface area (Å²) in [6.07, 6.45) is 11.4. The zero-order valence-corrected chi connectivity index (χ0v) is 19.5. The highest BCUT2D eigenvalue weighted by atomic mass is 16.3. The molecule has 0 amide bonds. The number of likely N-dealkylation sites (N-methyl/N-ethyl adjacent to an activating group) is 1. The van der Waals surface area contributed by atoms with E-state index in [1.807, 2.05) is 12.4 Å². The van der Waals surface area contributed by atoms with Crippen molar-refractivity contribution in [2.45, 2.75) is 66.0 Å². The number of imidazole rings is 3. The molecule has 0 fully saturated rings. The van der Waals surface area contributed by atoms with Crippen molar-refractivity contribution in [1.82, 2.24) is 29.9 Å². The third-order valence-corrected chi connectivity index (χ3v) is 4.66. The number of carbonyl (C=O) groups excluding carboxylic acids is 3. The van der Waals surface area contributed by atoms with E-state index in [2.05, 4.69) is 29.9 Å². The summed E-state index contributed by atoms with van der Waals surface area (Å²) < 4.78 is 0. The normalized spacial score (nSPS) is 11.6. The van der Waals surface area contributed by atoms with Gasteiger partial charge in [0.25, 0.3) is 0 Å². The first-order chi connectivity index (χ1) is 15.7. The zero-order valence-electron chi connectivity index (χ0n) is 19.5. The van der Waals surface area contributed by atoms with E-state index in [4.69, 9.17) is 5.11 Å². The second-order valence-corrected chi connectivity index (χ2v) is 7.52. The van der Waals surface area contributed by atoms with Crippen molar-refractivity contribution in [3.05, 3.63) is 54.7 Å². The molecule has 0 aliphatic carbocycles. The molecule has 2 atom stereocenters. The van der Waals surface area contributed by atoms with Crippen LogP contribution in [0, 0.1) is 0 Å². The predicted octanol–water partition coefficient (Wildman–Crippen LogP) is 0.573. The van der Waals surface area contributed by atoms with Gasteiger partial charge in [-0.1, -0.05) is 7.43 Å². The molecule has 0 aliphatic heterocycles. The first-order valence-corrected chi connectivity index (χ1v) is 10.6. The third-order valence-electron chi connectivity index (χ3n) is 4.66. The van der Waals surface area contributed by atoms with Crippen LogP contribution in [0.5, 0.6) is 0 Å². The molecule has 34 heavy (non-hydrogen) atoms. The van der Waals surface area contributed by atoms with E-state index >= 15 is 0 Å². The van der Waals surface area contributed by atoms with E-state index < -0.39 is 6.10 Å². The lowest BCUT2D eigenvalue weighted by atomic mass is 10.1. The number of nitrogens with one attached hydrogen (secondary N) is 3. The van der Waals surface area contributed by atoms with Crippen LogP contribution in [0.3, 0.4) is 0 Å². The van der Waals surface area contributed by atoms with E-state index in [1.54, 1.807) is 45.1 Å². The summed E-state index contributed by atoms with van der Waals surface area (Å²) in [6.45, 7) is 4.57. The van der Waals surface area contributed by atoms with Crippen LogP contribution < -0.4 is 5.32 Å². The number of rotatable bonds is 10. The molecule has 0 radical (unpaired) electrons. The number of aromatic amines is 3. The number of H-pyrrole nitrogens is 3. The number of aryl methyl sites for hydroxylation is 1. The number of hydrogen-bond donors (Lipinski definition) is 5. The van der Waals surface area contributed by atoms with Gasteiger partial charge in [0.1, 0.15) is 11.9 Å². The van der Waals surface area contributed by atoms with E-state index in [1.165, 1.54) is 13.3 Å². The van der Waals surface area contributed by atoms with E-state index in [0.29, 0.717) is 12.8 Å². The molecule has 0 bridgehead atoms. The Kier molecular flexibility index (Phi) is 15.4. The van der Waals surface area contributed by atoms with Crippen molar-refractivity contribution in [3.63, 3.8) is 0 Å². The Labute approximate surface area is 200 Å². The van der Waals surface area contributed by atoms with Crippen molar-refractivity contribution in [3.8, 4) is 0 Å². The maximum Gasteiger partial charge on any atom is 0.187 e. The molecular weight excluding hydrogens is 438 g/mol. The van der Waals surface area contributed by atoms with Gasteiger partial charge in [-0.15, -0.1) is 0 Å². The second-order valence-electron chi connectivity index (χ2n) is 7.52. The number of nitrogens with two attached hydrogens (primary N) is 1. The Hall–Kier alpha value is -3.44. The summed E-state index contributed by atoms with van der Waals surface area (Å²) in [7, 11) is 1.91. The van der Waals surface area contributed by atoms with Crippen molar-refractivity contribution < 1.29 is 24.8 Å². The van der Waals surface area contributed by atoms with Gasteiger partial charge < -0.3 is 30.2 Å². The lowest BCUT2D eigenvalue weighted by molar-refractivity contribution is -0.649. The van der Waals surface area contributed by atoms with Crippen molar-refractivity contribution >= 4 is 17.3 Å². The maximum absolute atomic E-state index is 11.0. The average Bonchev–Trinajstić information content (AvgIpc) is 3.55. The standard InChI is InChI=1S/C8H13N3O.C7H10N2O2.C7H10N2O.CH4/c1-6(12)8(9-2)3-7-4-10-5-11-7;1-5(10)7(11)2-6-3-8-4-9-6;1-6(10)2-3-7-4-8-5-9-7;/h4-5,8-9H,3H2,1-2H3,(H,10,11);3-4,7,11H,2H2,1H3,(H,8,9);4-5H,2-3H2,1H3,(H,8,9);1H4/p+1/t8-;7-;;/m00../s1. The number of carbonyl (C=O) groups is 3. The van der Waals surface area contributed by atoms with Gasteiger partial charge in [0.05, 0.1) is 26.0 Å². The molecule has 11 nitrogen and oxygen atoms in total. The smallest absolute Gasteiger partial charge is 0.187 e. The maximum atomic E-state index is 11.0. The van der Waals surface area contributed by atoms with Gasteiger partial charge in [-0.05, 0) is 20.3 Å². The fourth-order valence-electron chi connectivity index (χ4n) is 2.61. The van der Waals surface area contributed by atoms with Crippen molar-refractivity contribution in [2.24, 2.45) is 0 Å². The van der Waals surface area contributed by atoms with Gasteiger partial charge >= 0.3 is 0 Å². The topological polar surface area (TPSA) is 174 Å². The average molecular weight is 477 g/mol. The number of Topliss-reactive ketones (excluding diaryl/α,β-unsaturated/α-hetero) is 3. The van der Waals surface area contributed by atoms with Crippen molar-refractivity contribution in [2.75, 3.05) is 7.05 Å². The Morgan fingerprint density at radius 3 is 1.68 bits per heavy atom. The van der Waals surface area contributed by atoms with E-state index in [9.17, 15) is 14.4 Å². The Balaban J connectivity index is 0.000000475. The van der Waals surface area contributed by atoms with Crippen LogP contribution in [0.2, 0.25) is 0 Å². The van der Waals surface area contributed by atoms with Crippen LogP contribution in [0.1, 0.15) is 51.7 Å². The monoisotopic (exact) mass is 476 g/mol. The van der Waals surface area contributed by atoms with Crippen LogP contribution in [0.4, 0.5) is 0 Å². The Bertz CT molecular complexity index is 923. The molecule has 3 aromatic heterocycles. The summed E-state index contributed by atoms with van der Waals surface area (Å²) in [6, 6.07) is 0.0189. The SMILES string of the molecule is C.CC(=O)CCc1cnc[nH]1.CC(=O)[C@@H](O)Cc1cnc[nH]1.C[NH2+][C@@H](Cc1cnc[nH]1)C(C)=O. The largest absolute Gasteiger partial charge is 0.385 e. The number of aromatic nitrogens is 6. The first kappa shape index (κ1) is 30.6. The van der Waals surface area contributed by atoms with Crippen LogP contribution in [-0.2, 0) is 33.6 Å². The quantitative estimate of drug-likeness (QED) is 0.284. The molecule has 3 rings (SSSR count). The minimum absolute atomic E-state index is 0. The Morgan fingerprint density at radius 2 is 1.32 bits per heavy atom. The Morgan fingerprint density at radius 1 is 0.853 bits per heavy atom. The highest BCUT2D eigenvalue weighted by molar-refractivity contribution is 5.80. The number of aliphatic hydroxyl groups is 1. The number of quaternary nitrogens is 1. The van der Waals surface area contributed by atoms with Gasteiger partial charge in [-0.2, -0.15) is 0 Å². The van der Waals surface area contributed by atoms with Gasteiger partial charge in [0.2, 0.25) is 0 Å². The molecule has 0 unspecified atom stereocenters. The summed E-state index contributed by atoms with van der Waals surface area (Å²) in [4.78, 5) is 52.3. The molecule has 0 aromatic carbocycles. The summed E-state index contributed by atoms with van der Waals surface area (Å²) in [5.74, 6) is 0.196. The summed E-state index contributed by atoms with van der Waals surface area (Å²) in [5, 5.41) is 11.0. The second kappa shape index (κ2) is 17.1. The van der Waals surface area contributed by atoms with Crippen LogP contribution in [-0.4, -0.2) is 71.6 Å². The molecule has 11 heteroatoms. The fourth-order valence-corrected chi connectivity index (χ4v) is 2.61. The predicted molar refractivity (Wildman–Crippen MR) is 128 cm³/mol. The number of hydrogen-bond acceptors (Lipinski definition) is 7. The summed E-state index contributed by atoms with van der Waals surface area (Å²) in [5.41, 5.74) is 2.80. The zero-order chi connectivity index (χ0) is 24.6. The molecule has 3 heterocycles. The molecular formula is C23H38N7O4+. The van der Waals surface area contributed by atoms with Crippen LogP contribution >= 0.6 is 0 Å². The van der Waals surface area contributed by atoms with Gasteiger partial charge in [0.15, 0.2) is 17.6 Å². The van der Waals surface area contributed by atoms with E-state index in [-0.39, 0.29) is 30.8 Å². The molecule has 188 valence electrons. The first-order valence-electron chi connectivity index (χ1n) is 10.6. The minimum atomic E-state index is -0.907. The number of nitrogens with zero attached hydrogens (tertiary/aromatic N) is 3. The minimum Gasteiger partial charge on any atom is -0.385 e. The number of ketones is 3. The summed E-state index contributed by atoms with van der Waals surface area (Å²) >= 11 is 0. The van der Waals surface area contributed by atoms with Crippen LogP contribution in [0.15, 0.2) is 37.6 Å². The lowest BCUT2D eigenvalue weighted by Crippen LogP contribution is -2.88. The molecule has 3 aromatic rings. The lowest BCUT2D eigenvalue weighted by Gasteiger charge is -2.06. The number of aliphatic hydroxyl groups excluding tert-OH is 1. The van der Waals surface area contributed by atoms with Crippen molar-refractivity contribution in [1.29, 1.82) is 0 Å². The highest BCUT2D eigenvalue weighted by Gasteiger charge is 2.16. The van der Waals surface area contributed by atoms with Gasteiger partial charge in [-0.25, -0.2) is 15.0 Å². The molecule has 0 spiro atoms. The molecule has 0 saturated carbocycles. The third kappa shape index (κ3) is 13.2. The van der Waals surface area contributed by atoms with E-state index in [0.717, 1.165) is 29.9 Å². The fraction of sp³-hybridized carbons (Fsp3) is 0.478. The highest BCUT2D eigenvalue weighted by Crippen LogP contribution is 1.98.